The first-order valence-electron chi connectivity index (χ1n) is 26.0. The highest BCUT2D eigenvalue weighted by atomic mass is 79.9. The van der Waals surface area contributed by atoms with E-state index in [4.69, 9.17) is 31.0 Å². The van der Waals surface area contributed by atoms with Crippen LogP contribution < -0.4 is 26.1 Å². The number of hydrogen-bond donors (Lipinski definition) is 4. The summed E-state index contributed by atoms with van der Waals surface area (Å²) in [5.41, 5.74) is 27.0. The summed E-state index contributed by atoms with van der Waals surface area (Å²) in [6.07, 6.45) is 7.00. The maximum atomic E-state index is 9.34. The number of rotatable bonds is 12. The van der Waals surface area contributed by atoms with E-state index < -0.39 is 16.6 Å². The van der Waals surface area contributed by atoms with Crippen molar-refractivity contribution in [3.63, 3.8) is 0 Å². The normalized spacial score (nSPS) is 11.4. The van der Waals surface area contributed by atoms with Crippen LogP contribution in [-0.2, 0) is 19.3 Å². The second kappa shape index (κ2) is 27.6. The molecule has 79 heavy (non-hydrogen) atoms. The first-order chi connectivity index (χ1) is 37.4. The Hall–Kier alpha value is -7.25. The maximum absolute atomic E-state index is 9.34. The van der Waals surface area contributed by atoms with Gasteiger partial charge in [0, 0.05) is 34.9 Å². The Bertz CT molecular complexity index is 3330. The predicted molar refractivity (Wildman–Crippen MR) is 337 cm³/mol. The average Bonchev–Trinajstić information content (AvgIpc) is 3.41. The van der Waals surface area contributed by atoms with Crippen LogP contribution >= 0.6 is 31.9 Å². The zero-order valence-electron chi connectivity index (χ0n) is 46.9. The summed E-state index contributed by atoms with van der Waals surface area (Å²) in [6, 6.07) is 53.3. The average molecular weight is 1220 g/mol. The number of anilines is 3. The second-order valence-electron chi connectivity index (χ2n) is 21.9. The molecule has 16 heteroatoms. The van der Waals surface area contributed by atoms with Crippen LogP contribution in [0.1, 0.15) is 75.3 Å². The SMILES string of the molecule is CC(C)(C)[Si](C)(C)Oc1ccc(-c2cnc(N)c(Cc3ccccc3)n2)cc1.CC(C)(C)[Si](C)(C)Oc1ccc(Br)cc1.Nc1ncc(-c2ccc(O)cc2)nc1Cc1ccccc1.Nc1ncc(Br)nc1Cc1ccccc1. The summed E-state index contributed by atoms with van der Waals surface area (Å²) in [5.74, 6) is 3.52. The lowest BCUT2D eigenvalue weighted by Gasteiger charge is -2.36. The van der Waals surface area contributed by atoms with Gasteiger partial charge in [-0.15, -0.1) is 0 Å². The van der Waals surface area contributed by atoms with E-state index >= 15 is 0 Å². The molecular weight excluding hydrogens is 1150 g/mol. The Morgan fingerprint density at radius 2 is 0.747 bits per heavy atom. The number of hydrogen-bond acceptors (Lipinski definition) is 12. The molecule has 0 saturated heterocycles. The van der Waals surface area contributed by atoms with Crippen molar-refractivity contribution in [1.29, 1.82) is 0 Å². The highest BCUT2D eigenvalue weighted by molar-refractivity contribution is 9.10. The van der Waals surface area contributed by atoms with Gasteiger partial charge >= 0.3 is 0 Å². The van der Waals surface area contributed by atoms with Crippen molar-refractivity contribution in [3.05, 3.63) is 225 Å². The van der Waals surface area contributed by atoms with Crippen LogP contribution in [0.15, 0.2) is 191 Å². The number of nitrogens with zero attached hydrogens (tertiary/aromatic N) is 6. The van der Waals surface area contributed by atoms with Gasteiger partial charge in [-0.1, -0.05) is 148 Å². The number of phenolic OH excluding ortho intramolecular Hbond substituents is 1. The summed E-state index contributed by atoms with van der Waals surface area (Å²) >= 11 is 6.70. The van der Waals surface area contributed by atoms with Gasteiger partial charge in [-0.2, -0.15) is 0 Å². The summed E-state index contributed by atoms with van der Waals surface area (Å²) < 4.78 is 14.3. The van der Waals surface area contributed by atoms with E-state index in [0.29, 0.717) is 41.3 Å². The summed E-state index contributed by atoms with van der Waals surface area (Å²) in [7, 11) is -3.52. The van der Waals surface area contributed by atoms with E-state index in [9.17, 15) is 5.11 Å². The Morgan fingerprint density at radius 3 is 1.10 bits per heavy atom. The van der Waals surface area contributed by atoms with E-state index in [-0.39, 0.29) is 15.8 Å². The van der Waals surface area contributed by atoms with E-state index in [2.05, 4.69) is 137 Å². The van der Waals surface area contributed by atoms with Crippen molar-refractivity contribution in [1.82, 2.24) is 29.9 Å². The molecule has 3 aromatic heterocycles. The third-order valence-corrected chi connectivity index (χ3v) is 23.4. The van der Waals surface area contributed by atoms with Gasteiger partial charge < -0.3 is 31.2 Å². The molecule has 12 nitrogen and oxygen atoms in total. The lowest BCUT2D eigenvalue weighted by Crippen LogP contribution is -2.43. The number of aromatic hydroxyl groups is 1. The number of benzene rings is 6. The summed E-state index contributed by atoms with van der Waals surface area (Å²) in [4.78, 5) is 26.3. The van der Waals surface area contributed by atoms with Crippen LogP contribution in [0.5, 0.6) is 17.2 Å². The minimum atomic E-state index is -1.85. The van der Waals surface area contributed by atoms with E-state index in [0.717, 1.165) is 61.1 Å². The topological polar surface area (TPSA) is 194 Å². The van der Waals surface area contributed by atoms with Crippen LogP contribution in [0.4, 0.5) is 17.5 Å². The molecule has 0 aliphatic rings. The van der Waals surface area contributed by atoms with Gasteiger partial charge in [0.15, 0.2) is 0 Å². The minimum absolute atomic E-state index is 0.167. The molecule has 410 valence electrons. The molecule has 0 saturated carbocycles. The zero-order valence-corrected chi connectivity index (χ0v) is 52.0. The third-order valence-electron chi connectivity index (χ3n) is 13.7. The second-order valence-corrected chi connectivity index (χ2v) is 33.1. The van der Waals surface area contributed by atoms with Crippen molar-refractivity contribution in [3.8, 4) is 39.8 Å². The third kappa shape index (κ3) is 18.7. The highest BCUT2D eigenvalue weighted by Gasteiger charge is 2.40. The molecule has 0 radical (unpaired) electrons. The fourth-order valence-corrected chi connectivity index (χ4v) is 9.69. The molecule has 0 aliphatic carbocycles. The highest BCUT2D eigenvalue weighted by Crippen LogP contribution is 2.39. The van der Waals surface area contributed by atoms with Crippen LogP contribution in [0.25, 0.3) is 22.5 Å². The van der Waals surface area contributed by atoms with Crippen molar-refractivity contribution in [2.24, 2.45) is 0 Å². The summed E-state index contributed by atoms with van der Waals surface area (Å²) in [5, 5.41) is 9.76. The molecular formula is C63H73Br2N9O3Si2. The lowest BCUT2D eigenvalue weighted by molar-refractivity contribution is 0.475. The zero-order chi connectivity index (χ0) is 57.4. The first kappa shape index (κ1) is 61.0. The molecule has 0 bridgehead atoms. The number of aromatic nitrogens is 6. The van der Waals surface area contributed by atoms with Gasteiger partial charge in [-0.3, -0.25) is 0 Å². The van der Waals surface area contributed by atoms with Gasteiger partial charge in [0.2, 0.25) is 16.6 Å². The van der Waals surface area contributed by atoms with Crippen LogP contribution in [0, 0.1) is 0 Å². The van der Waals surface area contributed by atoms with Gasteiger partial charge in [0.1, 0.15) is 39.3 Å². The molecule has 3 heterocycles. The van der Waals surface area contributed by atoms with E-state index in [1.807, 2.05) is 140 Å². The van der Waals surface area contributed by atoms with Crippen molar-refractivity contribution >= 4 is 65.9 Å². The number of nitrogens with two attached hydrogens (primary N) is 3. The quantitative estimate of drug-likeness (QED) is 0.0847. The summed E-state index contributed by atoms with van der Waals surface area (Å²) in [6.45, 7) is 22.5. The van der Waals surface area contributed by atoms with Crippen molar-refractivity contribution in [2.75, 3.05) is 17.2 Å². The first-order valence-corrected chi connectivity index (χ1v) is 33.4. The number of nitrogen functional groups attached to an aromatic ring is 3. The standard InChI is InChI=1S/C23H29N3OSi.C17H15N3O.C12H19BrOSi.C11H10BrN3/c1-23(2,3)28(4,5)27-19-13-11-18(12-14-19)21-16-25-22(24)20(26-21)15-17-9-7-6-8-10-17;18-17-15(10-12-4-2-1-3-5-12)20-16(11-19-17)13-6-8-14(21)9-7-13;1-12(2,3)15(4,5)14-11-8-6-10(13)7-9-11;12-10-7-14-11(13)9(15-10)6-8-4-2-1-3-5-8/h6-14,16H,15H2,1-5H3,(H2,24,25);1-9,11,21H,10H2,(H2,18,19);6-9H,1-5H3;1-5,7H,6H2,(H2,13,14). The Labute approximate surface area is 485 Å². The molecule has 6 aromatic carbocycles. The van der Waals surface area contributed by atoms with Crippen molar-refractivity contribution in [2.45, 2.75) is 97.1 Å². The van der Waals surface area contributed by atoms with Gasteiger partial charge in [0.05, 0.1) is 47.1 Å². The largest absolute Gasteiger partial charge is 0.544 e. The van der Waals surface area contributed by atoms with Gasteiger partial charge in [-0.25, -0.2) is 29.9 Å². The lowest BCUT2D eigenvalue weighted by atomic mass is 10.1. The van der Waals surface area contributed by atoms with E-state index in [1.54, 1.807) is 30.7 Å². The fourth-order valence-electron chi connectivity index (χ4n) is 7.05. The van der Waals surface area contributed by atoms with Crippen LogP contribution in [-0.4, -0.2) is 51.6 Å². The molecule has 9 rings (SSSR count). The molecule has 0 fully saturated rings. The van der Waals surface area contributed by atoms with Crippen LogP contribution in [0.3, 0.4) is 0 Å². The molecule has 0 unspecified atom stereocenters. The van der Waals surface area contributed by atoms with Gasteiger partial charge in [0.25, 0.3) is 0 Å². The maximum Gasteiger partial charge on any atom is 0.250 e. The minimum Gasteiger partial charge on any atom is -0.544 e. The molecule has 0 spiro atoms. The number of phenols is 1. The van der Waals surface area contributed by atoms with Crippen molar-refractivity contribution < 1.29 is 14.0 Å². The predicted octanol–water partition coefficient (Wildman–Crippen LogP) is 16.0. The molecule has 0 aliphatic heterocycles. The number of halogens is 2. The van der Waals surface area contributed by atoms with Crippen LogP contribution in [0.2, 0.25) is 36.3 Å². The fraction of sp³-hybridized carbons (Fsp3) is 0.238. The smallest absolute Gasteiger partial charge is 0.250 e. The molecule has 0 amide bonds. The monoisotopic (exact) mass is 1220 g/mol. The van der Waals surface area contributed by atoms with E-state index in [1.165, 1.54) is 11.1 Å². The van der Waals surface area contributed by atoms with Gasteiger partial charge in [-0.05, 0) is 142 Å². The Kier molecular flexibility index (Phi) is 21.3. The molecule has 7 N–H and O–H groups in total. The molecule has 0 atom stereocenters. The Balaban J connectivity index is 0.000000176. The molecule has 9 aromatic rings. The Morgan fingerprint density at radius 1 is 0.430 bits per heavy atom.